The summed E-state index contributed by atoms with van der Waals surface area (Å²) < 4.78 is 5.25. The molecule has 2 rings (SSSR count). The number of aryl methyl sites for hydroxylation is 2. The zero-order valence-electron chi connectivity index (χ0n) is 10.9. The van der Waals surface area contributed by atoms with E-state index in [2.05, 4.69) is 34.9 Å². The molecule has 18 heavy (non-hydrogen) atoms. The topological polar surface area (TPSA) is 66.6 Å². The molecule has 1 heterocycles. The maximum absolute atomic E-state index is 5.25. The van der Waals surface area contributed by atoms with Gasteiger partial charge in [0, 0.05) is 12.0 Å². The molecule has 0 fully saturated rings. The van der Waals surface area contributed by atoms with Crippen LogP contribution < -0.4 is 5.73 Å². The lowest BCUT2D eigenvalue weighted by Crippen LogP contribution is -2.50. The van der Waals surface area contributed by atoms with Crippen molar-refractivity contribution < 1.29 is 10.3 Å². The Morgan fingerprint density at radius 1 is 1.11 bits per heavy atom. The average Bonchev–Trinajstić information content (AvgIpc) is 2.84. The van der Waals surface area contributed by atoms with Crippen LogP contribution in [0.5, 0.6) is 0 Å². The lowest BCUT2D eigenvalue weighted by atomic mass is 10.1. The number of hydrogen-bond donors (Lipinski definition) is 1. The Labute approximate surface area is 107 Å². The number of unbranched alkanes of at least 4 members (excludes halogenated alkanes) is 2. The van der Waals surface area contributed by atoms with Gasteiger partial charge in [-0.2, -0.15) is 4.98 Å². The van der Waals surface area contributed by atoms with Crippen LogP contribution in [0.2, 0.25) is 0 Å². The van der Waals surface area contributed by atoms with Gasteiger partial charge in [0.1, 0.15) is 0 Å². The summed E-state index contributed by atoms with van der Waals surface area (Å²) in [6.45, 7) is 3.06. The van der Waals surface area contributed by atoms with Crippen molar-refractivity contribution in [2.24, 2.45) is 0 Å². The Balaban J connectivity index is 1.95. The first-order valence-electron chi connectivity index (χ1n) is 6.48. The van der Waals surface area contributed by atoms with Gasteiger partial charge in [-0.15, -0.1) is 0 Å². The SMILES string of the molecule is Cc1ccc(-c2noc(CCCCC[NH3+])n2)cc1. The predicted molar refractivity (Wildman–Crippen MR) is 69.8 cm³/mol. The van der Waals surface area contributed by atoms with Gasteiger partial charge >= 0.3 is 0 Å². The van der Waals surface area contributed by atoms with Crippen molar-refractivity contribution in [1.82, 2.24) is 10.1 Å². The smallest absolute Gasteiger partial charge is 0.226 e. The van der Waals surface area contributed by atoms with Gasteiger partial charge < -0.3 is 10.3 Å². The monoisotopic (exact) mass is 246 g/mol. The summed E-state index contributed by atoms with van der Waals surface area (Å²) in [4.78, 5) is 4.41. The van der Waals surface area contributed by atoms with E-state index in [-0.39, 0.29) is 0 Å². The Bertz CT molecular complexity index is 476. The predicted octanol–water partition coefficient (Wildman–Crippen LogP) is 2.00. The fourth-order valence-electron chi connectivity index (χ4n) is 1.81. The van der Waals surface area contributed by atoms with E-state index in [0.29, 0.717) is 5.82 Å². The summed E-state index contributed by atoms with van der Waals surface area (Å²) in [5.74, 6) is 1.41. The second-order valence-corrected chi connectivity index (χ2v) is 4.54. The number of quaternary nitrogens is 1. The van der Waals surface area contributed by atoms with Crippen molar-refractivity contribution in [3.63, 3.8) is 0 Å². The van der Waals surface area contributed by atoms with E-state index in [1.807, 2.05) is 12.1 Å². The molecule has 0 spiro atoms. The summed E-state index contributed by atoms with van der Waals surface area (Å²) in [7, 11) is 0. The molecule has 1 aromatic heterocycles. The molecule has 0 aliphatic carbocycles. The summed E-state index contributed by atoms with van der Waals surface area (Å²) >= 11 is 0. The quantitative estimate of drug-likeness (QED) is 0.793. The van der Waals surface area contributed by atoms with Gasteiger partial charge in [0.2, 0.25) is 11.7 Å². The first-order valence-corrected chi connectivity index (χ1v) is 6.48. The highest BCUT2D eigenvalue weighted by Crippen LogP contribution is 2.17. The largest absolute Gasteiger partial charge is 0.358 e. The van der Waals surface area contributed by atoms with Crippen molar-refractivity contribution in [3.05, 3.63) is 35.7 Å². The molecule has 2 aromatic rings. The molecule has 96 valence electrons. The number of hydrogen-bond acceptors (Lipinski definition) is 3. The normalized spacial score (nSPS) is 10.8. The minimum Gasteiger partial charge on any atom is -0.358 e. The molecule has 0 amide bonds. The van der Waals surface area contributed by atoms with Gasteiger partial charge in [-0.3, -0.25) is 0 Å². The first kappa shape index (κ1) is 12.8. The Kier molecular flexibility index (Phi) is 4.47. The van der Waals surface area contributed by atoms with Crippen LogP contribution in [0, 0.1) is 6.92 Å². The molecule has 0 atom stereocenters. The van der Waals surface area contributed by atoms with E-state index in [4.69, 9.17) is 4.52 Å². The highest BCUT2D eigenvalue weighted by atomic mass is 16.5. The van der Waals surface area contributed by atoms with E-state index >= 15 is 0 Å². The molecule has 0 bridgehead atoms. The third-order valence-electron chi connectivity index (χ3n) is 2.92. The number of aromatic nitrogens is 2. The summed E-state index contributed by atoms with van der Waals surface area (Å²) in [6.07, 6.45) is 4.29. The third-order valence-corrected chi connectivity index (χ3v) is 2.92. The zero-order valence-corrected chi connectivity index (χ0v) is 10.9. The van der Waals surface area contributed by atoms with Crippen LogP contribution in [-0.4, -0.2) is 16.7 Å². The molecule has 0 unspecified atom stereocenters. The molecule has 0 saturated heterocycles. The van der Waals surface area contributed by atoms with Crippen molar-refractivity contribution in [3.8, 4) is 11.4 Å². The number of benzene rings is 1. The lowest BCUT2D eigenvalue weighted by Gasteiger charge is -1.95. The van der Waals surface area contributed by atoms with Crippen LogP contribution in [0.1, 0.15) is 30.7 Å². The van der Waals surface area contributed by atoms with Crippen molar-refractivity contribution >= 4 is 0 Å². The van der Waals surface area contributed by atoms with E-state index in [9.17, 15) is 0 Å². The molecule has 4 nitrogen and oxygen atoms in total. The molecule has 0 aliphatic rings. The molecule has 3 N–H and O–H groups in total. The fourth-order valence-corrected chi connectivity index (χ4v) is 1.81. The Hall–Kier alpha value is -1.68. The summed E-state index contributed by atoms with van der Waals surface area (Å²) in [5.41, 5.74) is 6.07. The van der Waals surface area contributed by atoms with Crippen LogP contribution >= 0.6 is 0 Å². The zero-order chi connectivity index (χ0) is 12.8. The van der Waals surface area contributed by atoms with Gasteiger partial charge in [0.15, 0.2) is 0 Å². The van der Waals surface area contributed by atoms with Crippen LogP contribution in [-0.2, 0) is 6.42 Å². The van der Waals surface area contributed by atoms with Crippen LogP contribution in [0.3, 0.4) is 0 Å². The maximum atomic E-state index is 5.25. The van der Waals surface area contributed by atoms with E-state index in [0.717, 1.165) is 30.8 Å². The van der Waals surface area contributed by atoms with Crippen molar-refractivity contribution in [2.75, 3.05) is 6.54 Å². The van der Waals surface area contributed by atoms with Crippen molar-refractivity contribution in [2.45, 2.75) is 32.6 Å². The summed E-state index contributed by atoms with van der Waals surface area (Å²) in [6, 6.07) is 8.15. The van der Waals surface area contributed by atoms with E-state index < -0.39 is 0 Å². The van der Waals surface area contributed by atoms with Gasteiger partial charge in [0.05, 0.1) is 6.54 Å². The second-order valence-electron chi connectivity index (χ2n) is 4.54. The van der Waals surface area contributed by atoms with Gasteiger partial charge in [-0.25, -0.2) is 0 Å². The fraction of sp³-hybridized carbons (Fsp3) is 0.429. The highest BCUT2D eigenvalue weighted by Gasteiger charge is 2.07. The molecular weight excluding hydrogens is 226 g/mol. The first-order chi connectivity index (χ1) is 8.79. The van der Waals surface area contributed by atoms with Crippen molar-refractivity contribution in [1.29, 1.82) is 0 Å². The summed E-state index contributed by atoms with van der Waals surface area (Å²) in [5, 5.41) is 4.02. The maximum Gasteiger partial charge on any atom is 0.226 e. The molecule has 0 aliphatic heterocycles. The molecule has 0 saturated carbocycles. The lowest BCUT2D eigenvalue weighted by molar-refractivity contribution is -0.368. The van der Waals surface area contributed by atoms with Gasteiger partial charge in [-0.05, 0) is 26.2 Å². The molecule has 0 radical (unpaired) electrons. The highest BCUT2D eigenvalue weighted by molar-refractivity contribution is 5.54. The van der Waals surface area contributed by atoms with Crippen LogP contribution in [0.25, 0.3) is 11.4 Å². The van der Waals surface area contributed by atoms with Crippen LogP contribution in [0.15, 0.2) is 28.8 Å². The van der Waals surface area contributed by atoms with E-state index in [1.54, 1.807) is 0 Å². The number of rotatable bonds is 6. The molecule has 1 aromatic carbocycles. The Morgan fingerprint density at radius 3 is 2.61 bits per heavy atom. The number of nitrogens with zero attached hydrogens (tertiary/aromatic N) is 2. The minimum atomic E-state index is 0.683. The van der Waals surface area contributed by atoms with E-state index in [1.165, 1.54) is 18.4 Å². The molecular formula is C14H20N3O+. The molecule has 4 heteroatoms. The minimum absolute atomic E-state index is 0.683. The third kappa shape index (κ3) is 3.40. The Morgan fingerprint density at radius 2 is 1.89 bits per heavy atom. The van der Waals surface area contributed by atoms with Crippen LogP contribution in [0.4, 0.5) is 0 Å². The average molecular weight is 246 g/mol. The standard InChI is InChI=1S/C14H19N3O/c1-11-6-8-12(9-7-11)14-16-13(18-17-14)5-3-2-4-10-15/h6-9H,2-5,10,15H2,1H3/p+1. The van der Waals surface area contributed by atoms with Gasteiger partial charge in [0.25, 0.3) is 0 Å². The van der Waals surface area contributed by atoms with Gasteiger partial charge in [-0.1, -0.05) is 35.0 Å². The second kappa shape index (κ2) is 6.31.